The van der Waals surface area contributed by atoms with Crippen molar-refractivity contribution in [3.63, 3.8) is 0 Å². The molecular formula is C22H22N2O5S. The Bertz CT molecular complexity index is 1160. The predicted molar refractivity (Wildman–Crippen MR) is 115 cm³/mol. The second-order valence-electron chi connectivity index (χ2n) is 6.84. The number of aryl methyl sites for hydroxylation is 1. The molecule has 0 bridgehead atoms. The number of rotatable bonds is 7. The fourth-order valence-corrected chi connectivity index (χ4v) is 4.85. The van der Waals surface area contributed by atoms with Crippen molar-refractivity contribution in [3.8, 4) is 5.75 Å². The van der Waals surface area contributed by atoms with E-state index in [9.17, 15) is 18.5 Å². The van der Waals surface area contributed by atoms with Crippen LogP contribution in [0.5, 0.6) is 5.75 Å². The van der Waals surface area contributed by atoms with Gasteiger partial charge >= 0.3 is 0 Å². The summed E-state index contributed by atoms with van der Waals surface area (Å²) >= 11 is 0. The van der Waals surface area contributed by atoms with Crippen LogP contribution in [0.2, 0.25) is 0 Å². The number of non-ortho nitro benzene ring substituents is 1. The molecule has 0 radical (unpaired) electrons. The zero-order chi connectivity index (χ0) is 21.9. The number of hydrogen-bond donors (Lipinski definition) is 0. The summed E-state index contributed by atoms with van der Waals surface area (Å²) in [6, 6.07) is 18.7. The van der Waals surface area contributed by atoms with Gasteiger partial charge in [-0.2, -0.15) is 0 Å². The van der Waals surface area contributed by atoms with Gasteiger partial charge in [0.1, 0.15) is 5.75 Å². The van der Waals surface area contributed by atoms with Crippen LogP contribution in [0.15, 0.2) is 77.7 Å². The van der Waals surface area contributed by atoms with Crippen LogP contribution < -0.4 is 9.04 Å². The number of anilines is 1. The first-order valence-corrected chi connectivity index (χ1v) is 10.7. The van der Waals surface area contributed by atoms with Gasteiger partial charge in [-0.25, -0.2) is 8.42 Å². The largest absolute Gasteiger partial charge is 0.497 e. The van der Waals surface area contributed by atoms with E-state index in [1.54, 1.807) is 44.4 Å². The zero-order valence-corrected chi connectivity index (χ0v) is 17.7. The molecule has 3 rings (SSSR count). The Hall–Kier alpha value is -3.39. The summed E-state index contributed by atoms with van der Waals surface area (Å²) in [5, 5.41) is 11.2. The summed E-state index contributed by atoms with van der Waals surface area (Å²) in [6.45, 7) is 3.68. The Morgan fingerprint density at radius 2 is 1.67 bits per heavy atom. The number of nitrogens with zero attached hydrogens (tertiary/aromatic N) is 2. The number of ether oxygens (including phenoxy) is 1. The number of hydrogen-bond acceptors (Lipinski definition) is 5. The third kappa shape index (κ3) is 4.28. The topological polar surface area (TPSA) is 89.8 Å². The van der Waals surface area contributed by atoms with Gasteiger partial charge in [0.25, 0.3) is 15.7 Å². The van der Waals surface area contributed by atoms with E-state index in [-0.39, 0.29) is 10.6 Å². The molecule has 3 aromatic carbocycles. The maximum Gasteiger partial charge on any atom is 0.270 e. The van der Waals surface area contributed by atoms with E-state index in [1.165, 1.54) is 22.5 Å². The Labute approximate surface area is 175 Å². The lowest BCUT2D eigenvalue weighted by atomic mass is 10.1. The van der Waals surface area contributed by atoms with Crippen molar-refractivity contribution in [1.29, 1.82) is 0 Å². The molecule has 0 saturated heterocycles. The second kappa shape index (κ2) is 8.54. The van der Waals surface area contributed by atoms with Crippen LogP contribution in [0, 0.1) is 17.0 Å². The van der Waals surface area contributed by atoms with Crippen molar-refractivity contribution in [2.45, 2.75) is 24.8 Å². The smallest absolute Gasteiger partial charge is 0.270 e. The first-order chi connectivity index (χ1) is 14.2. The molecule has 0 aliphatic rings. The van der Waals surface area contributed by atoms with Crippen molar-refractivity contribution in [2.75, 3.05) is 11.4 Å². The maximum absolute atomic E-state index is 13.6. The SMILES string of the molecule is COc1cccc(C(C)N(c2ccc(C)cc2)S(=O)(=O)c2cccc([N+](=O)[O-])c2)c1. The van der Waals surface area contributed by atoms with Gasteiger partial charge in [0, 0.05) is 12.1 Å². The van der Waals surface area contributed by atoms with E-state index in [1.807, 2.05) is 25.1 Å². The van der Waals surface area contributed by atoms with Crippen LogP contribution in [-0.4, -0.2) is 20.5 Å². The fraction of sp³-hybridized carbons (Fsp3) is 0.182. The molecule has 0 N–H and O–H groups in total. The van der Waals surface area contributed by atoms with Crippen LogP contribution >= 0.6 is 0 Å². The molecule has 156 valence electrons. The van der Waals surface area contributed by atoms with Crippen LogP contribution in [0.25, 0.3) is 0 Å². The van der Waals surface area contributed by atoms with E-state index in [0.717, 1.165) is 17.2 Å². The van der Waals surface area contributed by atoms with Gasteiger partial charge in [-0.05, 0) is 49.7 Å². The molecule has 1 unspecified atom stereocenters. The lowest BCUT2D eigenvalue weighted by molar-refractivity contribution is -0.385. The van der Waals surface area contributed by atoms with E-state index in [4.69, 9.17) is 4.74 Å². The van der Waals surface area contributed by atoms with Crippen molar-refractivity contribution >= 4 is 21.4 Å². The molecule has 0 aliphatic carbocycles. The Morgan fingerprint density at radius 3 is 2.30 bits per heavy atom. The summed E-state index contributed by atoms with van der Waals surface area (Å²) in [5.74, 6) is 0.607. The summed E-state index contributed by atoms with van der Waals surface area (Å²) in [4.78, 5) is 10.4. The molecule has 0 aliphatic heterocycles. The summed E-state index contributed by atoms with van der Waals surface area (Å²) in [6.07, 6.45) is 0. The molecule has 3 aromatic rings. The lowest BCUT2D eigenvalue weighted by Crippen LogP contribution is -2.33. The highest BCUT2D eigenvalue weighted by Gasteiger charge is 2.31. The number of nitro groups is 1. The molecule has 8 heteroatoms. The maximum atomic E-state index is 13.6. The fourth-order valence-electron chi connectivity index (χ4n) is 3.17. The Kier molecular flexibility index (Phi) is 6.07. The first-order valence-electron chi connectivity index (χ1n) is 9.23. The van der Waals surface area contributed by atoms with Crippen LogP contribution in [0.3, 0.4) is 0 Å². The normalized spacial score (nSPS) is 12.2. The number of nitro benzene ring substituents is 1. The summed E-state index contributed by atoms with van der Waals surface area (Å²) in [5.41, 5.74) is 1.89. The van der Waals surface area contributed by atoms with Gasteiger partial charge < -0.3 is 4.74 Å². The third-order valence-corrected chi connectivity index (χ3v) is 6.70. The van der Waals surface area contributed by atoms with Gasteiger partial charge in [0.15, 0.2) is 0 Å². The zero-order valence-electron chi connectivity index (χ0n) is 16.8. The minimum Gasteiger partial charge on any atom is -0.497 e. The minimum absolute atomic E-state index is 0.146. The highest BCUT2D eigenvalue weighted by molar-refractivity contribution is 7.92. The molecule has 7 nitrogen and oxygen atoms in total. The van der Waals surface area contributed by atoms with E-state index in [2.05, 4.69) is 0 Å². The Morgan fingerprint density at radius 1 is 1.00 bits per heavy atom. The van der Waals surface area contributed by atoms with Crippen molar-refractivity contribution in [1.82, 2.24) is 0 Å². The van der Waals surface area contributed by atoms with Crippen LogP contribution in [0.1, 0.15) is 24.1 Å². The van der Waals surface area contributed by atoms with E-state index >= 15 is 0 Å². The third-order valence-electron chi connectivity index (χ3n) is 4.80. The van der Waals surface area contributed by atoms with E-state index < -0.39 is 21.0 Å². The number of sulfonamides is 1. The van der Waals surface area contributed by atoms with Crippen LogP contribution in [-0.2, 0) is 10.0 Å². The van der Waals surface area contributed by atoms with Crippen molar-refractivity contribution in [2.24, 2.45) is 0 Å². The second-order valence-corrected chi connectivity index (χ2v) is 8.66. The average molecular weight is 426 g/mol. The monoisotopic (exact) mass is 426 g/mol. The molecule has 1 atom stereocenters. The minimum atomic E-state index is -4.10. The summed E-state index contributed by atoms with van der Waals surface area (Å²) < 4.78 is 33.8. The molecule has 0 spiro atoms. The van der Waals surface area contributed by atoms with E-state index in [0.29, 0.717) is 11.4 Å². The van der Waals surface area contributed by atoms with Gasteiger partial charge in [-0.15, -0.1) is 0 Å². The molecule has 0 amide bonds. The van der Waals surface area contributed by atoms with Crippen molar-refractivity contribution < 1.29 is 18.1 Å². The highest BCUT2D eigenvalue weighted by Crippen LogP contribution is 2.35. The number of methoxy groups -OCH3 is 1. The predicted octanol–water partition coefficient (Wildman–Crippen LogP) is 4.87. The standard InChI is InChI=1S/C22H22N2O5S/c1-16-10-12-19(13-11-16)23(17(2)18-6-4-8-21(14-18)29-3)30(27,28)22-9-5-7-20(15-22)24(25)26/h4-15,17H,1-3H3. The highest BCUT2D eigenvalue weighted by atomic mass is 32.2. The Balaban J connectivity index is 2.17. The molecule has 0 saturated carbocycles. The van der Waals surface area contributed by atoms with Gasteiger partial charge in [0.2, 0.25) is 0 Å². The summed E-state index contributed by atoms with van der Waals surface area (Å²) in [7, 11) is -2.56. The average Bonchev–Trinajstić information content (AvgIpc) is 2.75. The van der Waals surface area contributed by atoms with Gasteiger partial charge in [-0.1, -0.05) is 35.9 Å². The lowest BCUT2D eigenvalue weighted by Gasteiger charge is -2.31. The van der Waals surface area contributed by atoms with Crippen molar-refractivity contribution in [3.05, 3.63) is 94.0 Å². The first kappa shape index (κ1) is 21.3. The molecule has 30 heavy (non-hydrogen) atoms. The molecule has 0 heterocycles. The quantitative estimate of drug-likeness (QED) is 0.397. The number of benzene rings is 3. The van der Waals surface area contributed by atoms with Gasteiger partial charge in [0.05, 0.1) is 28.7 Å². The molecular weight excluding hydrogens is 404 g/mol. The van der Waals surface area contributed by atoms with Crippen LogP contribution in [0.4, 0.5) is 11.4 Å². The molecule has 0 fully saturated rings. The van der Waals surface area contributed by atoms with Gasteiger partial charge in [-0.3, -0.25) is 14.4 Å². The molecule has 0 aromatic heterocycles.